The van der Waals surface area contributed by atoms with Crippen molar-refractivity contribution in [1.82, 2.24) is 35.2 Å². The second-order valence-corrected chi connectivity index (χ2v) is 8.11. The molecule has 0 saturated heterocycles. The quantitative estimate of drug-likeness (QED) is 0.385. The molecular formula is C21H23N9OS. The highest BCUT2D eigenvalue weighted by Crippen LogP contribution is 2.27. The third kappa shape index (κ3) is 4.94. The number of thioether (sulfide) groups is 1. The van der Waals surface area contributed by atoms with Crippen molar-refractivity contribution in [1.29, 1.82) is 0 Å². The maximum atomic E-state index is 5.90. The number of nitrogens with zero attached hydrogens (tertiary/aromatic N) is 7. The predicted molar refractivity (Wildman–Crippen MR) is 123 cm³/mol. The Kier molecular flexibility index (Phi) is 6.45. The van der Waals surface area contributed by atoms with Gasteiger partial charge in [-0.1, -0.05) is 49.9 Å². The lowest BCUT2D eigenvalue weighted by Gasteiger charge is -2.10. The summed E-state index contributed by atoms with van der Waals surface area (Å²) in [7, 11) is 1.60. The van der Waals surface area contributed by atoms with E-state index in [0.29, 0.717) is 34.3 Å². The Morgan fingerprint density at radius 3 is 2.59 bits per heavy atom. The van der Waals surface area contributed by atoms with Crippen LogP contribution in [0.3, 0.4) is 0 Å². The molecule has 11 heteroatoms. The monoisotopic (exact) mass is 449 g/mol. The summed E-state index contributed by atoms with van der Waals surface area (Å²) in [5, 5.41) is 15.8. The van der Waals surface area contributed by atoms with Crippen LogP contribution < -0.4 is 15.8 Å². The summed E-state index contributed by atoms with van der Waals surface area (Å²) in [6.45, 7) is 4.31. The van der Waals surface area contributed by atoms with Crippen molar-refractivity contribution >= 4 is 29.3 Å². The number of ether oxygens (including phenoxy) is 1. The van der Waals surface area contributed by atoms with Crippen molar-refractivity contribution in [2.45, 2.75) is 30.7 Å². The van der Waals surface area contributed by atoms with Gasteiger partial charge in [-0.15, -0.1) is 5.10 Å². The number of hydrogen-bond donors (Lipinski definition) is 2. The third-order valence-electron chi connectivity index (χ3n) is 4.63. The molecule has 0 saturated carbocycles. The Bertz CT molecular complexity index is 1190. The van der Waals surface area contributed by atoms with Crippen molar-refractivity contribution in [3.63, 3.8) is 0 Å². The van der Waals surface area contributed by atoms with E-state index in [2.05, 4.69) is 61.8 Å². The van der Waals surface area contributed by atoms with E-state index in [4.69, 9.17) is 10.5 Å². The van der Waals surface area contributed by atoms with Gasteiger partial charge in [-0.05, 0) is 46.2 Å². The minimum absolute atomic E-state index is 0.122. The van der Waals surface area contributed by atoms with Gasteiger partial charge in [0.25, 0.3) is 0 Å². The summed E-state index contributed by atoms with van der Waals surface area (Å²) in [5.41, 5.74) is 8.77. The Morgan fingerprint density at radius 2 is 1.84 bits per heavy atom. The van der Waals surface area contributed by atoms with Crippen LogP contribution in [0.5, 0.6) is 5.75 Å². The van der Waals surface area contributed by atoms with Gasteiger partial charge >= 0.3 is 0 Å². The van der Waals surface area contributed by atoms with E-state index in [9.17, 15) is 0 Å². The van der Waals surface area contributed by atoms with E-state index < -0.39 is 0 Å². The third-order valence-corrected chi connectivity index (χ3v) is 5.54. The maximum Gasteiger partial charge on any atom is 0.232 e. The van der Waals surface area contributed by atoms with Crippen LogP contribution >= 0.6 is 11.8 Å². The van der Waals surface area contributed by atoms with Gasteiger partial charge in [-0.3, -0.25) is 0 Å². The van der Waals surface area contributed by atoms with E-state index >= 15 is 0 Å². The summed E-state index contributed by atoms with van der Waals surface area (Å²) in [6, 6.07) is 15.7. The standard InChI is InChI=1S/C21H23N9OS/c1-13(2)14-8-10-15(11-9-14)30-21(27-28-29-30)32-12-18-24-19(22)26-20(25-18)23-16-6-4-5-7-17(16)31-3/h4-11,13H,12H2,1-3H3,(H3,22,23,24,25,26). The van der Waals surface area contributed by atoms with Gasteiger partial charge in [0.05, 0.1) is 24.2 Å². The Labute approximate surface area is 189 Å². The Morgan fingerprint density at radius 1 is 1.06 bits per heavy atom. The number of aromatic nitrogens is 7. The van der Waals surface area contributed by atoms with Crippen molar-refractivity contribution in [2.75, 3.05) is 18.2 Å². The zero-order valence-electron chi connectivity index (χ0n) is 17.9. The molecule has 0 aliphatic rings. The second kappa shape index (κ2) is 9.60. The summed E-state index contributed by atoms with van der Waals surface area (Å²) in [6.07, 6.45) is 0. The molecule has 10 nitrogen and oxygen atoms in total. The minimum atomic E-state index is 0.122. The molecule has 0 fully saturated rings. The molecule has 2 heterocycles. The van der Waals surface area contributed by atoms with Crippen molar-refractivity contribution < 1.29 is 4.74 Å². The van der Waals surface area contributed by atoms with Crippen LogP contribution in [0, 0.1) is 0 Å². The Balaban J connectivity index is 1.50. The second-order valence-electron chi connectivity index (χ2n) is 7.17. The first-order valence-electron chi connectivity index (χ1n) is 9.95. The lowest BCUT2D eigenvalue weighted by atomic mass is 10.0. The van der Waals surface area contributed by atoms with Crippen LogP contribution in [-0.2, 0) is 5.75 Å². The molecule has 3 N–H and O–H groups in total. The fraction of sp³-hybridized carbons (Fsp3) is 0.238. The SMILES string of the molecule is COc1ccccc1Nc1nc(N)nc(CSc2nnnn2-c2ccc(C(C)C)cc2)n1. The fourth-order valence-corrected chi connectivity index (χ4v) is 3.73. The molecule has 0 amide bonds. The summed E-state index contributed by atoms with van der Waals surface area (Å²) in [4.78, 5) is 12.9. The molecule has 0 radical (unpaired) electrons. The highest BCUT2D eigenvalue weighted by molar-refractivity contribution is 7.98. The zero-order chi connectivity index (χ0) is 22.5. The van der Waals surface area contributed by atoms with Gasteiger partial charge in [0.2, 0.25) is 17.1 Å². The number of rotatable bonds is 8. The molecule has 0 atom stereocenters. The van der Waals surface area contributed by atoms with Crippen LogP contribution in [0.4, 0.5) is 17.6 Å². The Hall–Kier alpha value is -3.73. The number of benzene rings is 2. The molecule has 2 aromatic carbocycles. The zero-order valence-corrected chi connectivity index (χ0v) is 18.7. The number of methoxy groups -OCH3 is 1. The van der Waals surface area contributed by atoms with Crippen LogP contribution in [0.1, 0.15) is 31.2 Å². The average molecular weight is 450 g/mol. The van der Waals surface area contributed by atoms with Gasteiger partial charge in [0.1, 0.15) is 11.6 Å². The largest absolute Gasteiger partial charge is 0.495 e. The van der Waals surface area contributed by atoms with Gasteiger partial charge in [0, 0.05) is 0 Å². The first-order chi connectivity index (χ1) is 15.5. The van der Waals surface area contributed by atoms with Gasteiger partial charge in [0.15, 0.2) is 0 Å². The normalized spacial score (nSPS) is 11.0. The van der Waals surface area contributed by atoms with Crippen LogP contribution in [0.25, 0.3) is 5.69 Å². The number of nitrogen functional groups attached to an aromatic ring is 1. The topological polar surface area (TPSA) is 130 Å². The van der Waals surface area contributed by atoms with Gasteiger partial charge in [-0.25, -0.2) is 0 Å². The van der Waals surface area contributed by atoms with E-state index in [-0.39, 0.29) is 5.95 Å². The lowest BCUT2D eigenvalue weighted by Crippen LogP contribution is -2.07. The number of hydrogen-bond acceptors (Lipinski definition) is 10. The molecule has 0 bridgehead atoms. The van der Waals surface area contributed by atoms with Crippen molar-refractivity contribution in [3.05, 3.63) is 59.9 Å². The number of tetrazole rings is 1. The van der Waals surface area contributed by atoms with Crippen LogP contribution in [0.2, 0.25) is 0 Å². The van der Waals surface area contributed by atoms with Crippen molar-refractivity contribution in [2.24, 2.45) is 0 Å². The smallest absolute Gasteiger partial charge is 0.232 e. The number of para-hydroxylation sites is 2. The van der Waals surface area contributed by atoms with E-state index in [1.165, 1.54) is 17.3 Å². The number of nitrogens with two attached hydrogens (primary N) is 1. The molecule has 164 valence electrons. The van der Waals surface area contributed by atoms with Gasteiger partial charge in [-0.2, -0.15) is 19.6 Å². The summed E-state index contributed by atoms with van der Waals surface area (Å²) in [5.74, 6) is 2.50. The molecule has 0 unspecified atom stereocenters. The molecule has 32 heavy (non-hydrogen) atoms. The maximum absolute atomic E-state index is 5.90. The minimum Gasteiger partial charge on any atom is -0.495 e. The number of anilines is 3. The van der Waals surface area contributed by atoms with E-state index in [1.807, 2.05) is 36.4 Å². The summed E-state index contributed by atoms with van der Waals surface area (Å²) < 4.78 is 7.04. The highest BCUT2D eigenvalue weighted by Gasteiger charge is 2.13. The summed E-state index contributed by atoms with van der Waals surface area (Å²) >= 11 is 1.41. The van der Waals surface area contributed by atoms with E-state index in [0.717, 1.165) is 11.4 Å². The molecule has 4 aromatic rings. The van der Waals surface area contributed by atoms with Crippen molar-refractivity contribution in [3.8, 4) is 11.4 Å². The van der Waals surface area contributed by atoms with E-state index in [1.54, 1.807) is 11.8 Å². The van der Waals surface area contributed by atoms with Gasteiger partial charge < -0.3 is 15.8 Å². The van der Waals surface area contributed by atoms with Crippen LogP contribution in [0.15, 0.2) is 53.7 Å². The molecule has 0 spiro atoms. The molecule has 0 aliphatic heterocycles. The first kappa shape index (κ1) is 21.5. The molecule has 2 aromatic heterocycles. The number of nitrogens with one attached hydrogen (secondary N) is 1. The fourth-order valence-electron chi connectivity index (χ4n) is 2.99. The predicted octanol–water partition coefficient (Wildman–Crippen LogP) is 3.60. The molecular weight excluding hydrogens is 426 g/mol. The highest BCUT2D eigenvalue weighted by atomic mass is 32.2. The van der Waals surface area contributed by atoms with Crippen LogP contribution in [-0.4, -0.2) is 42.3 Å². The molecule has 4 rings (SSSR count). The average Bonchev–Trinajstić information content (AvgIpc) is 3.26. The lowest BCUT2D eigenvalue weighted by molar-refractivity contribution is 0.417. The molecule has 0 aliphatic carbocycles. The first-order valence-corrected chi connectivity index (χ1v) is 10.9.